The topological polar surface area (TPSA) is 89.8 Å². The van der Waals surface area contributed by atoms with Crippen LogP contribution in [0.25, 0.3) is 17.1 Å². The molecule has 7 nitrogen and oxygen atoms in total. The molecule has 0 spiro atoms. The van der Waals surface area contributed by atoms with Gasteiger partial charge in [-0.3, -0.25) is 19.1 Å². The lowest BCUT2D eigenvalue weighted by atomic mass is 10.1. The van der Waals surface area contributed by atoms with E-state index in [1.54, 1.807) is 36.7 Å². The van der Waals surface area contributed by atoms with Gasteiger partial charge in [0.1, 0.15) is 0 Å². The standard InChI is InChI=1S/C27H27N5O2S/c1-17(2)26(34)29-22-9-7-20(8-10-22)24(33)19(4)35-27-31-30-25(21-13-15-28-16-14-21)32(27)23-11-5-18(3)6-12-23/h5-17,19H,1-4H3,(H,29,34)/t19-/m1/s1. The Bertz CT molecular complexity index is 1320. The number of pyridine rings is 1. The highest BCUT2D eigenvalue weighted by Gasteiger charge is 2.23. The Labute approximate surface area is 209 Å². The molecule has 2 aromatic carbocycles. The van der Waals surface area contributed by atoms with Crippen molar-refractivity contribution in [1.82, 2.24) is 19.7 Å². The van der Waals surface area contributed by atoms with Gasteiger partial charge in [-0.2, -0.15) is 0 Å². The Morgan fingerprint density at radius 2 is 1.54 bits per heavy atom. The zero-order valence-electron chi connectivity index (χ0n) is 20.1. The molecule has 35 heavy (non-hydrogen) atoms. The number of Topliss-reactive ketones (excluding diaryl/α,β-unsaturated/α-hetero) is 1. The smallest absolute Gasteiger partial charge is 0.226 e. The van der Waals surface area contributed by atoms with Gasteiger partial charge in [-0.25, -0.2) is 0 Å². The largest absolute Gasteiger partial charge is 0.326 e. The van der Waals surface area contributed by atoms with Crippen LogP contribution in [0.1, 0.15) is 36.7 Å². The van der Waals surface area contributed by atoms with Crippen LogP contribution in [-0.2, 0) is 4.79 Å². The third-order valence-electron chi connectivity index (χ3n) is 5.48. The SMILES string of the molecule is Cc1ccc(-n2c(S[C@H](C)C(=O)c3ccc(NC(=O)C(C)C)cc3)nnc2-c2ccncc2)cc1. The number of nitrogens with one attached hydrogen (secondary N) is 1. The van der Waals surface area contributed by atoms with E-state index in [4.69, 9.17) is 0 Å². The van der Waals surface area contributed by atoms with Gasteiger partial charge in [-0.15, -0.1) is 10.2 Å². The molecule has 0 aliphatic rings. The van der Waals surface area contributed by atoms with Gasteiger partial charge in [0.15, 0.2) is 16.8 Å². The number of ketones is 1. The molecule has 2 aromatic heterocycles. The van der Waals surface area contributed by atoms with E-state index in [9.17, 15) is 9.59 Å². The van der Waals surface area contributed by atoms with Crippen LogP contribution >= 0.6 is 11.8 Å². The van der Waals surface area contributed by atoms with Crippen molar-refractivity contribution in [3.8, 4) is 17.1 Å². The Hall–Kier alpha value is -3.78. The van der Waals surface area contributed by atoms with Crippen molar-refractivity contribution in [2.45, 2.75) is 38.1 Å². The molecule has 0 aliphatic heterocycles. The summed E-state index contributed by atoms with van der Waals surface area (Å²) in [5, 5.41) is 11.9. The lowest BCUT2D eigenvalue weighted by molar-refractivity contribution is -0.118. The summed E-state index contributed by atoms with van der Waals surface area (Å²) in [7, 11) is 0. The summed E-state index contributed by atoms with van der Waals surface area (Å²) in [4.78, 5) is 29.2. The molecule has 1 N–H and O–H groups in total. The average Bonchev–Trinajstić information content (AvgIpc) is 3.28. The van der Waals surface area contributed by atoms with Gasteiger partial charge >= 0.3 is 0 Å². The van der Waals surface area contributed by atoms with E-state index < -0.39 is 5.25 Å². The first-order chi connectivity index (χ1) is 16.8. The number of aryl methyl sites for hydroxylation is 1. The second kappa shape index (κ2) is 10.7. The number of benzene rings is 2. The Morgan fingerprint density at radius 3 is 2.17 bits per heavy atom. The molecule has 4 aromatic rings. The summed E-state index contributed by atoms with van der Waals surface area (Å²) < 4.78 is 1.97. The number of aromatic nitrogens is 4. The molecular formula is C27H27N5O2S. The highest BCUT2D eigenvalue weighted by molar-refractivity contribution is 8.00. The fraction of sp³-hybridized carbons (Fsp3) is 0.222. The van der Waals surface area contributed by atoms with Crippen LogP contribution in [0.5, 0.6) is 0 Å². The minimum Gasteiger partial charge on any atom is -0.326 e. The van der Waals surface area contributed by atoms with Crippen molar-refractivity contribution in [2.75, 3.05) is 5.32 Å². The predicted molar refractivity (Wildman–Crippen MR) is 139 cm³/mol. The van der Waals surface area contributed by atoms with Crippen molar-refractivity contribution in [3.05, 3.63) is 84.2 Å². The van der Waals surface area contributed by atoms with E-state index in [2.05, 4.69) is 20.5 Å². The summed E-state index contributed by atoms with van der Waals surface area (Å²) in [6.07, 6.45) is 3.44. The number of carbonyl (C=O) groups excluding carboxylic acids is 2. The lowest BCUT2D eigenvalue weighted by Crippen LogP contribution is -2.18. The van der Waals surface area contributed by atoms with Gasteiger partial charge in [0.05, 0.1) is 5.25 Å². The number of nitrogens with zero attached hydrogens (tertiary/aromatic N) is 4. The van der Waals surface area contributed by atoms with Crippen LogP contribution in [-0.4, -0.2) is 36.7 Å². The molecule has 178 valence electrons. The number of hydrogen-bond acceptors (Lipinski definition) is 6. The van der Waals surface area contributed by atoms with Gasteiger partial charge in [-0.1, -0.05) is 43.3 Å². The predicted octanol–water partition coefficient (Wildman–Crippen LogP) is 5.60. The molecule has 1 atom stereocenters. The minimum atomic E-state index is -0.398. The van der Waals surface area contributed by atoms with E-state index in [0.717, 1.165) is 16.8 Å². The fourth-order valence-electron chi connectivity index (χ4n) is 3.41. The van der Waals surface area contributed by atoms with Crippen molar-refractivity contribution >= 4 is 29.1 Å². The summed E-state index contributed by atoms with van der Waals surface area (Å²) in [5.74, 6) is 0.480. The molecule has 1 amide bonds. The van der Waals surface area contributed by atoms with Crippen LogP contribution in [0.15, 0.2) is 78.2 Å². The molecule has 0 bridgehead atoms. The molecule has 0 unspecified atom stereocenters. The molecular weight excluding hydrogens is 458 g/mol. The third kappa shape index (κ3) is 5.66. The van der Waals surface area contributed by atoms with E-state index >= 15 is 0 Å². The van der Waals surface area contributed by atoms with Crippen molar-refractivity contribution < 1.29 is 9.59 Å². The Balaban J connectivity index is 1.59. The maximum absolute atomic E-state index is 13.2. The van der Waals surface area contributed by atoms with Gasteiger partial charge in [0.2, 0.25) is 5.91 Å². The van der Waals surface area contributed by atoms with Crippen LogP contribution in [0.4, 0.5) is 5.69 Å². The number of carbonyl (C=O) groups is 2. The number of amides is 1. The van der Waals surface area contributed by atoms with Crippen LogP contribution in [0, 0.1) is 12.8 Å². The molecule has 0 radical (unpaired) electrons. The maximum atomic E-state index is 13.2. The van der Waals surface area contributed by atoms with Crippen LogP contribution in [0.2, 0.25) is 0 Å². The monoisotopic (exact) mass is 485 g/mol. The number of rotatable bonds is 8. The molecule has 0 saturated heterocycles. The summed E-state index contributed by atoms with van der Waals surface area (Å²) in [5.41, 5.74) is 4.20. The zero-order chi connectivity index (χ0) is 24.9. The first kappa shape index (κ1) is 24.3. The molecule has 8 heteroatoms. The zero-order valence-corrected chi connectivity index (χ0v) is 20.9. The summed E-state index contributed by atoms with van der Waals surface area (Å²) in [6, 6.07) is 18.9. The van der Waals surface area contributed by atoms with Crippen LogP contribution < -0.4 is 5.32 Å². The number of thioether (sulfide) groups is 1. The summed E-state index contributed by atoms with van der Waals surface area (Å²) >= 11 is 1.36. The quantitative estimate of drug-likeness (QED) is 0.258. The molecule has 0 aliphatic carbocycles. The van der Waals surface area contributed by atoms with E-state index in [1.165, 1.54) is 11.8 Å². The lowest BCUT2D eigenvalue weighted by Gasteiger charge is -2.14. The van der Waals surface area contributed by atoms with Gasteiger partial charge < -0.3 is 5.32 Å². The van der Waals surface area contributed by atoms with Crippen molar-refractivity contribution in [3.63, 3.8) is 0 Å². The number of hydrogen-bond donors (Lipinski definition) is 1. The first-order valence-electron chi connectivity index (χ1n) is 11.4. The maximum Gasteiger partial charge on any atom is 0.226 e. The van der Waals surface area contributed by atoms with E-state index in [1.807, 2.05) is 68.7 Å². The van der Waals surface area contributed by atoms with E-state index in [-0.39, 0.29) is 17.6 Å². The third-order valence-corrected chi connectivity index (χ3v) is 6.52. The normalized spacial score (nSPS) is 11.9. The summed E-state index contributed by atoms with van der Waals surface area (Å²) in [6.45, 7) is 7.57. The molecule has 2 heterocycles. The average molecular weight is 486 g/mol. The first-order valence-corrected chi connectivity index (χ1v) is 12.3. The second-order valence-electron chi connectivity index (χ2n) is 8.56. The molecule has 0 saturated carbocycles. The van der Waals surface area contributed by atoms with Gasteiger partial charge in [0.25, 0.3) is 0 Å². The van der Waals surface area contributed by atoms with Gasteiger partial charge in [0, 0.05) is 40.8 Å². The second-order valence-corrected chi connectivity index (χ2v) is 9.87. The minimum absolute atomic E-state index is 0.0272. The molecule has 0 fully saturated rings. The van der Waals surface area contributed by atoms with Crippen molar-refractivity contribution in [2.24, 2.45) is 5.92 Å². The van der Waals surface area contributed by atoms with Crippen molar-refractivity contribution in [1.29, 1.82) is 0 Å². The Kier molecular flexibility index (Phi) is 7.41. The highest BCUT2D eigenvalue weighted by atomic mass is 32.2. The highest BCUT2D eigenvalue weighted by Crippen LogP contribution is 2.31. The van der Waals surface area contributed by atoms with Gasteiger partial charge in [-0.05, 0) is 62.4 Å². The molecule has 4 rings (SSSR count). The number of anilines is 1. The van der Waals surface area contributed by atoms with Crippen LogP contribution in [0.3, 0.4) is 0 Å². The Morgan fingerprint density at radius 1 is 0.886 bits per heavy atom. The fourth-order valence-corrected chi connectivity index (χ4v) is 4.36. The van der Waals surface area contributed by atoms with E-state index in [0.29, 0.717) is 22.2 Å².